The van der Waals surface area contributed by atoms with Crippen LogP contribution in [0.15, 0.2) is 24.3 Å². The Balaban J connectivity index is 2.22. The van der Waals surface area contributed by atoms with Gasteiger partial charge >= 0.3 is 0 Å². The zero-order valence-electron chi connectivity index (χ0n) is 12.4. The summed E-state index contributed by atoms with van der Waals surface area (Å²) in [5, 5.41) is 0. The molecule has 0 bridgehead atoms. The van der Waals surface area contributed by atoms with Crippen LogP contribution in [-0.4, -0.2) is 31.1 Å². The molecule has 0 radical (unpaired) electrons. The number of ether oxygens (including phenoxy) is 1. The van der Waals surface area contributed by atoms with Crippen LogP contribution < -0.4 is 10.5 Å². The van der Waals surface area contributed by atoms with E-state index in [0.29, 0.717) is 6.04 Å². The van der Waals surface area contributed by atoms with Gasteiger partial charge in [-0.3, -0.25) is 4.90 Å². The molecule has 106 valence electrons. The minimum absolute atomic E-state index is 0.314. The lowest BCUT2D eigenvalue weighted by atomic mass is 9.83. The van der Waals surface area contributed by atoms with Gasteiger partial charge in [0.25, 0.3) is 0 Å². The van der Waals surface area contributed by atoms with Gasteiger partial charge in [0.2, 0.25) is 0 Å². The van der Waals surface area contributed by atoms with Crippen LogP contribution in [0.5, 0.6) is 5.75 Å². The molecule has 0 aromatic heterocycles. The van der Waals surface area contributed by atoms with E-state index in [-0.39, 0.29) is 5.54 Å². The predicted molar refractivity (Wildman–Crippen MR) is 79.4 cm³/mol. The molecule has 1 aliphatic rings. The molecule has 1 aliphatic heterocycles. The predicted octanol–water partition coefficient (Wildman–Crippen LogP) is 2.74. The number of benzene rings is 1. The van der Waals surface area contributed by atoms with E-state index < -0.39 is 0 Å². The highest BCUT2D eigenvalue weighted by atomic mass is 16.5. The third-order valence-electron chi connectivity index (χ3n) is 4.37. The molecule has 19 heavy (non-hydrogen) atoms. The molecule has 3 heteroatoms. The lowest BCUT2D eigenvalue weighted by Gasteiger charge is -2.40. The highest BCUT2D eigenvalue weighted by molar-refractivity contribution is 5.32. The van der Waals surface area contributed by atoms with E-state index in [1.807, 2.05) is 12.1 Å². The van der Waals surface area contributed by atoms with Crippen molar-refractivity contribution in [2.75, 3.05) is 20.2 Å². The van der Waals surface area contributed by atoms with Crippen LogP contribution in [0.3, 0.4) is 0 Å². The van der Waals surface area contributed by atoms with E-state index in [2.05, 4.69) is 30.9 Å². The van der Waals surface area contributed by atoms with E-state index >= 15 is 0 Å². The first-order valence-electron chi connectivity index (χ1n) is 7.27. The minimum atomic E-state index is -0.314. The third kappa shape index (κ3) is 2.93. The highest BCUT2D eigenvalue weighted by Gasteiger charge is 2.35. The number of nitrogens with zero attached hydrogens (tertiary/aromatic N) is 1. The van der Waals surface area contributed by atoms with Crippen LogP contribution in [0.2, 0.25) is 0 Å². The summed E-state index contributed by atoms with van der Waals surface area (Å²) >= 11 is 0. The molecule has 1 fully saturated rings. The summed E-state index contributed by atoms with van der Waals surface area (Å²) in [7, 11) is 1.69. The van der Waals surface area contributed by atoms with Crippen molar-refractivity contribution in [2.24, 2.45) is 5.73 Å². The van der Waals surface area contributed by atoms with Gasteiger partial charge in [-0.05, 0) is 57.0 Å². The smallest absolute Gasteiger partial charge is 0.118 e. The lowest BCUT2D eigenvalue weighted by molar-refractivity contribution is 0.151. The van der Waals surface area contributed by atoms with E-state index in [0.717, 1.165) is 12.2 Å². The Morgan fingerprint density at radius 2 is 1.84 bits per heavy atom. The van der Waals surface area contributed by atoms with Crippen molar-refractivity contribution in [2.45, 2.75) is 44.7 Å². The first-order chi connectivity index (χ1) is 9.09. The van der Waals surface area contributed by atoms with E-state index in [1.54, 1.807) is 7.11 Å². The zero-order chi connectivity index (χ0) is 13.9. The topological polar surface area (TPSA) is 38.5 Å². The molecule has 1 aromatic rings. The van der Waals surface area contributed by atoms with Gasteiger partial charge < -0.3 is 10.5 Å². The van der Waals surface area contributed by atoms with Gasteiger partial charge in [0.1, 0.15) is 5.75 Å². The summed E-state index contributed by atoms with van der Waals surface area (Å²) in [4.78, 5) is 2.55. The van der Waals surface area contributed by atoms with Crippen LogP contribution in [0.25, 0.3) is 0 Å². The number of nitrogens with two attached hydrogens (primary N) is 1. The summed E-state index contributed by atoms with van der Waals surface area (Å²) in [5.41, 5.74) is 7.55. The average molecular weight is 262 g/mol. The molecule has 0 spiro atoms. The molecule has 1 saturated heterocycles. The summed E-state index contributed by atoms with van der Waals surface area (Å²) in [6, 6.07) is 8.59. The van der Waals surface area contributed by atoms with Crippen LogP contribution in [0.4, 0.5) is 0 Å². The molecule has 2 N–H and O–H groups in total. The molecule has 2 atom stereocenters. The second-order valence-corrected chi connectivity index (χ2v) is 5.68. The van der Waals surface area contributed by atoms with Crippen molar-refractivity contribution in [3.05, 3.63) is 29.8 Å². The first-order valence-corrected chi connectivity index (χ1v) is 7.27. The number of rotatable bonds is 5. The van der Waals surface area contributed by atoms with Crippen molar-refractivity contribution in [3.8, 4) is 5.75 Å². The van der Waals surface area contributed by atoms with Gasteiger partial charge in [0, 0.05) is 6.04 Å². The molecule has 1 aromatic carbocycles. The second kappa shape index (κ2) is 5.93. The summed E-state index contributed by atoms with van der Waals surface area (Å²) < 4.78 is 5.22. The van der Waals surface area contributed by atoms with E-state index in [1.165, 1.54) is 31.5 Å². The Morgan fingerprint density at radius 1 is 1.26 bits per heavy atom. The maximum absolute atomic E-state index is 6.68. The van der Waals surface area contributed by atoms with Crippen molar-refractivity contribution >= 4 is 0 Å². The Labute approximate surface area is 116 Å². The summed E-state index contributed by atoms with van der Waals surface area (Å²) in [5.74, 6) is 0.883. The van der Waals surface area contributed by atoms with E-state index in [9.17, 15) is 0 Å². The number of hydrogen-bond donors (Lipinski definition) is 1. The normalized spacial score (nSPS) is 21.1. The van der Waals surface area contributed by atoms with Crippen molar-refractivity contribution in [1.29, 1.82) is 0 Å². The molecule has 3 nitrogen and oxygen atoms in total. The Morgan fingerprint density at radius 3 is 2.32 bits per heavy atom. The fraction of sp³-hybridized carbons (Fsp3) is 0.625. The highest BCUT2D eigenvalue weighted by Crippen LogP contribution is 2.30. The molecule has 0 aliphatic carbocycles. The van der Waals surface area contributed by atoms with Crippen molar-refractivity contribution < 1.29 is 4.74 Å². The van der Waals surface area contributed by atoms with Gasteiger partial charge in [-0.25, -0.2) is 0 Å². The van der Waals surface area contributed by atoms with Gasteiger partial charge in [-0.2, -0.15) is 0 Å². The lowest BCUT2D eigenvalue weighted by Crippen LogP contribution is -2.53. The molecule has 0 amide bonds. The van der Waals surface area contributed by atoms with Crippen molar-refractivity contribution in [3.63, 3.8) is 0 Å². The maximum Gasteiger partial charge on any atom is 0.118 e. The first kappa shape index (κ1) is 14.4. The third-order valence-corrected chi connectivity index (χ3v) is 4.37. The molecule has 0 saturated carbocycles. The molecule has 1 heterocycles. The van der Waals surface area contributed by atoms with Gasteiger partial charge in [-0.15, -0.1) is 0 Å². The zero-order valence-corrected chi connectivity index (χ0v) is 12.4. The maximum atomic E-state index is 6.68. The number of methoxy groups -OCH3 is 1. The van der Waals surface area contributed by atoms with Crippen LogP contribution in [-0.2, 0) is 5.54 Å². The fourth-order valence-corrected chi connectivity index (χ4v) is 3.26. The summed E-state index contributed by atoms with van der Waals surface area (Å²) in [6.07, 6.45) is 3.68. The molecule has 2 unspecified atom stereocenters. The van der Waals surface area contributed by atoms with Gasteiger partial charge in [0.05, 0.1) is 12.6 Å². The fourth-order valence-electron chi connectivity index (χ4n) is 3.26. The SMILES string of the molecule is CCC(N1CCCC1)C(C)(N)c1ccc(OC)cc1. The van der Waals surface area contributed by atoms with Crippen LogP contribution in [0, 0.1) is 0 Å². The molecular weight excluding hydrogens is 236 g/mol. The quantitative estimate of drug-likeness (QED) is 0.886. The van der Waals surface area contributed by atoms with Crippen LogP contribution in [0.1, 0.15) is 38.7 Å². The van der Waals surface area contributed by atoms with Crippen LogP contribution >= 0.6 is 0 Å². The monoisotopic (exact) mass is 262 g/mol. The average Bonchev–Trinajstić information content (AvgIpc) is 2.93. The Kier molecular flexibility index (Phi) is 4.48. The van der Waals surface area contributed by atoms with Crippen molar-refractivity contribution in [1.82, 2.24) is 4.90 Å². The second-order valence-electron chi connectivity index (χ2n) is 5.68. The minimum Gasteiger partial charge on any atom is -0.497 e. The number of hydrogen-bond acceptors (Lipinski definition) is 3. The number of likely N-dealkylation sites (tertiary alicyclic amines) is 1. The van der Waals surface area contributed by atoms with Gasteiger partial charge in [0.15, 0.2) is 0 Å². The standard InChI is InChI=1S/C16H26N2O/c1-4-15(18-11-5-6-12-18)16(2,17)13-7-9-14(19-3)10-8-13/h7-10,15H,4-6,11-12,17H2,1-3H3. The Hall–Kier alpha value is -1.06. The Bertz CT molecular complexity index is 394. The van der Waals surface area contributed by atoms with E-state index in [4.69, 9.17) is 10.5 Å². The van der Waals surface area contributed by atoms with Gasteiger partial charge in [-0.1, -0.05) is 19.1 Å². The summed E-state index contributed by atoms with van der Waals surface area (Å²) in [6.45, 7) is 6.75. The molecule has 2 rings (SSSR count). The largest absolute Gasteiger partial charge is 0.497 e. The molecular formula is C16H26N2O.